The van der Waals surface area contributed by atoms with E-state index in [9.17, 15) is 9.59 Å². The molecule has 2 atom stereocenters. The van der Waals surface area contributed by atoms with E-state index in [1.165, 1.54) is 16.7 Å². The van der Waals surface area contributed by atoms with E-state index < -0.39 is 6.04 Å². The maximum Gasteiger partial charge on any atom is 0.243 e. The minimum atomic E-state index is -0.470. The molecule has 5 heteroatoms. The Hall–Kier alpha value is -2.27. The average molecular weight is 441 g/mol. The predicted octanol–water partition coefficient (Wildman–Crippen LogP) is 5.26. The van der Waals surface area contributed by atoms with Crippen LogP contribution in [0.4, 0.5) is 0 Å². The van der Waals surface area contributed by atoms with Gasteiger partial charge in [-0.15, -0.1) is 11.8 Å². The Kier molecular flexibility index (Phi) is 10.1. The Balaban J connectivity index is 2.14. The summed E-state index contributed by atoms with van der Waals surface area (Å²) < 4.78 is 0. The minimum absolute atomic E-state index is 0.00492. The van der Waals surface area contributed by atoms with Crippen LogP contribution in [0.3, 0.4) is 0 Å². The Morgan fingerprint density at radius 2 is 1.68 bits per heavy atom. The van der Waals surface area contributed by atoms with Crippen molar-refractivity contribution in [3.8, 4) is 0 Å². The summed E-state index contributed by atoms with van der Waals surface area (Å²) in [6.45, 7) is 10.6. The fraction of sp³-hybridized carbons (Fsp3) is 0.462. The zero-order chi connectivity index (χ0) is 22.8. The van der Waals surface area contributed by atoms with Crippen LogP contribution in [-0.2, 0) is 21.9 Å². The van der Waals surface area contributed by atoms with Gasteiger partial charge in [-0.25, -0.2) is 0 Å². The summed E-state index contributed by atoms with van der Waals surface area (Å²) in [5.74, 6) is 1.08. The monoisotopic (exact) mass is 440 g/mol. The van der Waals surface area contributed by atoms with Crippen LogP contribution >= 0.6 is 11.8 Å². The van der Waals surface area contributed by atoms with Crippen molar-refractivity contribution in [2.24, 2.45) is 0 Å². The maximum atomic E-state index is 13.3. The van der Waals surface area contributed by atoms with E-state index in [0.717, 1.165) is 17.7 Å². The topological polar surface area (TPSA) is 49.4 Å². The fourth-order valence-electron chi connectivity index (χ4n) is 3.35. The molecule has 0 spiro atoms. The van der Waals surface area contributed by atoms with E-state index in [0.29, 0.717) is 18.7 Å². The van der Waals surface area contributed by atoms with Gasteiger partial charge in [-0.1, -0.05) is 67.9 Å². The number of aryl methyl sites for hydroxylation is 2. The number of rotatable bonds is 11. The normalized spacial score (nSPS) is 12.8. The summed E-state index contributed by atoms with van der Waals surface area (Å²) in [5, 5.41) is 3.06. The quantitative estimate of drug-likeness (QED) is 0.519. The first kappa shape index (κ1) is 25.0. The molecule has 0 aliphatic carbocycles. The van der Waals surface area contributed by atoms with Gasteiger partial charge in [0.05, 0.1) is 5.75 Å². The van der Waals surface area contributed by atoms with Crippen molar-refractivity contribution in [3.05, 3.63) is 70.8 Å². The molecule has 2 amide bonds. The highest BCUT2D eigenvalue weighted by Gasteiger charge is 2.29. The first-order valence-corrected chi connectivity index (χ1v) is 12.3. The van der Waals surface area contributed by atoms with Crippen molar-refractivity contribution in [2.75, 3.05) is 5.75 Å². The smallest absolute Gasteiger partial charge is 0.243 e. The molecular formula is C26H36N2O2S. The van der Waals surface area contributed by atoms with Gasteiger partial charge in [0, 0.05) is 18.3 Å². The molecular weight excluding hydrogens is 404 g/mol. The molecule has 0 bridgehead atoms. The van der Waals surface area contributed by atoms with Gasteiger partial charge in [0.15, 0.2) is 0 Å². The summed E-state index contributed by atoms with van der Waals surface area (Å²) in [4.78, 5) is 28.0. The summed E-state index contributed by atoms with van der Waals surface area (Å²) in [5.41, 5.74) is 4.69. The Bertz CT molecular complexity index is 851. The zero-order valence-corrected chi connectivity index (χ0v) is 20.3. The molecule has 2 aromatic rings. The highest BCUT2D eigenvalue weighted by molar-refractivity contribution is 7.99. The molecule has 0 aliphatic rings. The average Bonchev–Trinajstić information content (AvgIpc) is 2.76. The summed E-state index contributed by atoms with van der Waals surface area (Å²) >= 11 is 1.61. The molecule has 0 aromatic heterocycles. The molecule has 0 aliphatic heterocycles. The second kappa shape index (κ2) is 12.6. The molecule has 2 rings (SSSR count). The largest absolute Gasteiger partial charge is 0.352 e. The third-order valence-corrected chi connectivity index (χ3v) is 6.57. The number of benzene rings is 2. The molecule has 0 heterocycles. The Morgan fingerprint density at radius 3 is 2.29 bits per heavy atom. The molecule has 168 valence electrons. The van der Waals surface area contributed by atoms with E-state index >= 15 is 0 Å². The third kappa shape index (κ3) is 7.73. The van der Waals surface area contributed by atoms with Crippen LogP contribution in [0.15, 0.2) is 48.5 Å². The standard InChI is InChI=1S/C26H36N2O2S/c1-6-21(5)27-26(30)24(7-2)28(16-22-14-12-19(3)13-15-22)25(29)18-31-17-23-11-9-8-10-20(23)4/h8-15,21,24H,6-7,16-18H2,1-5H3,(H,27,30)/t21-,24+/m1/s1. The van der Waals surface area contributed by atoms with Gasteiger partial charge in [-0.05, 0) is 50.3 Å². The van der Waals surface area contributed by atoms with Gasteiger partial charge in [0.25, 0.3) is 0 Å². The maximum absolute atomic E-state index is 13.3. The zero-order valence-electron chi connectivity index (χ0n) is 19.5. The third-order valence-electron chi connectivity index (χ3n) is 5.60. The van der Waals surface area contributed by atoms with Crippen LogP contribution in [0.1, 0.15) is 55.9 Å². The summed E-state index contributed by atoms with van der Waals surface area (Å²) in [6.07, 6.45) is 1.45. The number of carbonyl (C=O) groups excluding carboxylic acids is 2. The highest BCUT2D eigenvalue weighted by Crippen LogP contribution is 2.19. The van der Waals surface area contributed by atoms with Crippen molar-refractivity contribution in [1.82, 2.24) is 10.2 Å². The van der Waals surface area contributed by atoms with Crippen LogP contribution in [0.2, 0.25) is 0 Å². The van der Waals surface area contributed by atoms with Gasteiger partial charge < -0.3 is 10.2 Å². The lowest BCUT2D eigenvalue weighted by molar-refractivity contribution is -0.139. The van der Waals surface area contributed by atoms with Crippen LogP contribution in [0.25, 0.3) is 0 Å². The SMILES string of the molecule is CC[C@@H](C)NC(=O)[C@H](CC)N(Cc1ccc(C)cc1)C(=O)CSCc1ccccc1C. The first-order valence-electron chi connectivity index (χ1n) is 11.1. The van der Waals surface area contributed by atoms with E-state index in [4.69, 9.17) is 0 Å². The van der Waals surface area contributed by atoms with E-state index in [1.54, 1.807) is 16.7 Å². The predicted molar refractivity (Wildman–Crippen MR) is 131 cm³/mol. The van der Waals surface area contributed by atoms with Crippen LogP contribution in [0.5, 0.6) is 0 Å². The van der Waals surface area contributed by atoms with Crippen molar-refractivity contribution in [1.29, 1.82) is 0 Å². The Morgan fingerprint density at radius 1 is 1.00 bits per heavy atom. The number of amides is 2. The number of nitrogens with one attached hydrogen (secondary N) is 1. The lowest BCUT2D eigenvalue weighted by Gasteiger charge is -2.31. The lowest BCUT2D eigenvalue weighted by Crippen LogP contribution is -2.51. The van der Waals surface area contributed by atoms with Crippen molar-refractivity contribution < 1.29 is 9.59 Å². The molecule has 4 nitrogen and oxygen atoms in total. The molecule has 0 saturated heterocycles. The fourth-order valence-corrected chi connectivity index (χ4v) is 4.34. The number of hydrogen-bond acceptors (Lipinski definition) is 3. The van der Waals surface area contributed by atoms with Gasteiger partial charge in [-0.2, -0.15) is 0 Å². The van der Waals surface area contributed by atoms with Gasteiger partial charge in [0.2, 0.25) is 11.8 Å². The number of carbonyl (C=O) groups is 2. The molecule has 0 radical (unpaired) electrons. The molecule has 2 aromatic carbocycles. The number of thioether (sulfide) groups is 1. The van der Waals surface area contributed by atoms with Gasteiger partial charge in [-0.3, -0.25) is 9.59 Å². The molecule has 31 heavy (non-hydrogen) atoms. The van der Waals surface area contributed by atoms with Gasteiger partial charge in [0.1, 0.15) is 6.04 Å². The minimum Gasteiger partial charge on any atom is -0.352 e. The molecule has 0 fully saturated rings. The lowest BCUT2D eigenvalue weighted by atomic mass is 10.1. The Labute approximate surface area is 191 Å². The highest BCUT2D eigenvalue weighted by atomic mass is 32.2. The van der Waals surface area contributed by atoms with E-state index in [-0.39, 0.29) is 17.9 Å². The summed E-state index contributed by atoms with van der Waals surface area (Å²) in [7, 11) is 0. The first-order chi connectivity index (χ1) is 14.8. The second-order valence-corrected chi connectivity index (χ2v) is 9.15. The molecule has 0 saturated carbocycles. The molecule has 0 unspecified atom stereocenters. The molecule has 1 N–H and O–H groups in total. The van der Waals surface area contributed by atoms with Crippen LogP contribution in [0, 0.1) is 13.8 Å². The van der Waals surface area contributed by atoms with Crippen molar-refractivity contribution in [3.63, 3.8) is 0 Å². The van der Waals surface area contributed by atoms with Crippen molar-refractivity contribution >= 4 is 23.6 Å². The number of hydrogen-bond donors (Lipinski definition) is 1. The van der Waals surface area contributed by atoms with Crippen LogP contribution in [-0.4, -0.2) is 34.6 Å². The van der Waals surface area contributed by atoms with E-state index in [2.05, 4.69) is 24.4 Å². The van der Waals surface area contributed by atoms with Crippen molar-refractivity contribution in [2.45, 2.75) is 71.8 Å². The van der Waals surface area contributed by atoms with E-state index in [1.807, 2.05) is 64.1 Å². The van der Waals surface area contributed by atoms with Crippen LogP contribution < -0.4 is 5.32 Å². The second-order valence-electron chi connectivity index (χ2n) is 8.17. The van der Waals surface area contributed by atoms with Gasteiger partial charge >= 0.3 is 0 Å². The number of nitrogens with zero attached hydrogens (tertiary/aromatic N) is 1. The summed E-state index contributed by atoms with van der Waals surface area (Å²) in [6, 6.07) is 16.0.